The molecule has 2 unspecified atom stereocenters. The molecule has 1 aliphatic heterocycles. The first-order chi connectivity index (χ1) is 17.0. The standard InChI is InChI=1S/C27H27N3O4S/c1-18-23(26(31)33-3)25(22-7-5-15-35-22)24(19(2)29-18)27(32)34-14-4-6-20-8-10-21(11-9-20)16-30-13-12-28-17-30/h4-13,15,17,23,25H,14,16H2,1-3H3. The van der Waals surface area contributed by atoms with Crippen molar-refractivity contribution in [2.75, 3.05) is 13.7 Å². The van der Waals surface area contributed by atoms with Gasteiger partial charge >= 0.3 is 11.9 Å². The number of imidazole rings is 1. The van der Waals surface area contributed by atoms with E-state index in [1.54, 1.807) is 32.4 Å². The summed E-state index contributed by atoms with van der Waals surface area (Å²) in [6, 6.07) is 12.0. The molecule has 0 bridgehead atoms. The molecule has 4 rings (SSSR count). The number of thiophene rings is 1. The lowest BCUT2D eigenvalue weighted by Crippen LogP contribution is -2.35. The van der Waals surface area contributed by atoms with Crippen molar-refractivity contribution in [3.05, 3.63) is 93.8 Å². The number of nitrogens with zero attached hydrogens (tertiary/aromatic N) is 3. The van der Waals surface area contributed by atoms with Gasteiger partial charge in [0.25, 0.3) is 0 Å². The minimum absolute atomic E-state index is 0.106. The molecule has 1 aliphatic rings. The van der Waals surface area contributed by atoms with Crippen LogP contribution in [0.25, 0.3) is 6.08 Å². The van der Waals surface area contributed by atoms with Gasteiger partial charge in [-0.05, 0) is 42.5 Å². The number of carbonyl (C=O) groups is 2. The van der Waals surface area contributed by atoms with Gasteiger partial charge in [-0.3, -0.25) is 9.79 Å². The van der Waals surface area contributed by atoms with Crippen molar-refractivity contribution in [3.8, 4) is 0 Å². The topological polar surface area (TPSA) is 82.8 Å². The molecular formula is C27H27N3O4S. The van der Waals surface area contributed by atoms with Crippen LogP contribution in [-0.4, -0.2) is 40.9 Å². The minimum atomic E-state index is -0.665. The Kier molecular flexibility index (Phi) is 7.72. The Labute approximate surface area is 208 Å². The quantitative estimate of drug-likeness (QED) is 0.422. The van der Waals surface area contributed by atoms with Gasteiger partial charge in [-0.25, -0.2) is 9.78 Å². The number of aliphatic imine (C=N–C) groups is 1. The Bertz CT molecular complexity index is 1260. The van der Waals surface area contributed by atoms with Gasteiger partial charge in [0.15, 0.2) is 0 Å². The fourth-order valence-electron chi connectivity index (χ4n) is 4.22. The highest BCUT2D eigenvalue weighted by Gasteiger charge is 2.42. The molecule has 3 aromatic rings. The first-order valence-corrected chi connectivity index (χ1v) is 12.1. The predicted molar refractivity (Wildman–Crippen MR) is 136 cm³/mol. The van der Waals surface area contributed by atoms with Crippen molar-refractivity contribution in [2.24, 2.45) is 10.9 Å². The summed E-state index contributed by atoms with van der Waals surface area (Å²) in [6.45, 7) is 4.43. The summed E-state index contributed by atoms with van der Waals surface area (Å²) in [7, 11) is 1.35. The molecule has 0 fully saturated rings. The number of benzene rings is 1. The van der Waals surface area contributed by atoms with E-state index in [0.717, 1.165) is 17.0 Å². The first-order valence-electron chi connectivity index (χ1n) is 11.2. The van der Waals surface area contributed by atoms with Crippen LogP contribution in [0.15, 0.2) is 82.8 Å². The average molecular weight is 490 g/mol. The molecule has 2 atom stereocenters. The molecule has 0 amide bonds. The third kappa shape index (κ3) is 5.66. The summed E-state index contributed by atoms with van der Waals surface area (Å²) in [5.41, 5.74) is 3.75. The summed E-state index contributed by atoms with van der Waals surface area (Å²) >= 11 is 1.49. The summed E-state index contributed by atoms with van der Waals surface area (Å²) in [5.74, 6) is -2.05. The Morgan fingerprint density at radius 1 is 1.17 bits per heavy atom. The maximum atomic E-state index is 13.1. The monoisotopic (exact) mass is 489 g/mol. The van der Waals surface area contributed by atoms with Crippen LogP contribution in [-0.2, 0) is 25.6 Å². The zero-order chi connectivity index (χ0) is 24.8. The van der Waals surface area contributed by atoms with Crippen molar-refractivity contribution in [1.82, 2.24) is 9.55 Å². The second kappa shape index (κ2) is 11.1. The van der Waals surface area contributed by atoms with Crippen LogP contribution >= 0.6 is 11.3 Å². The molecule has 0 aliphatic carbocycles. The lowest BCUT2D eigenvalue weighted by atomic mass is 9.79. The molecule has 0 spiro atoms. The SMILES string of the molecule is COC(=O)C1C(C)=NC(C)=C(C(=O)OCC=Cc2ccc(Cn3ccnc3)cc2)C1c1cccs1. The van der Waals surface area contributed by atoms with E-state index in [4.69, 9.17) is 9.47 Å². The summed E-state index contributed by atoms with van der Waals surface area (Å²) in [6.07, 6.45) is 9.18. The van der Waals surface area contributed by atoms with Crippen LogP contribution in [0.3, 0.4) is 0 Å². The van der Waals surface area contributed by atoms with Crippen LogP contribution in [0.1, 0.15) is 35.8 Å². The van der Waals surface area contributed by atoms with Crippen molar-refractivity contribution in [1.29, 1.82) is 0 Å². The predicted octanol–water partition coefficient (Wildman–Crippen LogP) is 4.87. The summed E-state index contributed by atoms with van der Waals surface area (Å²) in [5, 5.41) is 1.92. The van der Waals surface area contributed by atoms with Gasteiger partial charge in [0, 0.05) is 41.1 Å². The number of carbonyl (C=O) groups excluding carboxylic acids is 2. The molecule has 0 N–H and O–H groups in total. The van der Waals surface area contributed by atoms with Crippen LogP contribution in [0.2, 0.25) is 0 Å². The van der Waals surface area contributed by atoms with E-state index in [-0.39, 0.29) is 6.61 Å². The lowest BCUT2D eigenvalue weighted by Gasteiger charge is -2.30. The van der Waals surface area contributed by atoms with Crippen LogP contribution in [0.5, 0.6) is 0 Å². The number of esters is 2. The van der Waals surface area contributed by atoms with Crippen molar-refractivity contribution in [3.63, 3.8) is 0 Å². The van der Waals surface area contributed by atoms with E-state index >= 15 is 0 Å². The number of hydrogen-bond acceptors (Lipinski definition) is 7. The highest BCUT2D eigenvalue weighted by molar-refractivity contribution is 7.10. The normalized spacial score (nSPS) is 18.0. The zero-order valence-electron chi connectivity index (χ0n) is 19.9. The third-order valence-electron chi connectivity index (χ3n) is 5.88. The highest BCUT2D eigenvalue weighted by atomic mass is 32.1. The van der Waals surface area contributed by atoms with Crippen LogP contribution in [0.4, 0.5) is 0 Å². The molecule has 3 heterocycles. The molecule has 180 valence electrons. The van der Waals surface area contributed by atoms with E-state index in [1.807, 2.05) is 46.5 Å². The molecule has 0 radical (unpaired) electrons. The molecule has 0 saturated heterocycles. The van der Waals surface area contributed by atoms with Crippen LogP contribution in [0, 0.1) is 5.92 Å². The molecular weight excluding hydrogens is 462 g/mol. The van der Waals surface area contributed by atoms with E-state index in [1.165, 1.54) is 24.0 Å². The maximum Gasteiger partial charge on any atom is 0.336 e. The van der Waals surface area contributed by atoms with Gasteiger partial charge < -0.3 is 14.0 Å². The Morgan fingerprint density at radius 2 is 1.97 bits per heavy atom. The zero-order valence-corrected chi connectivity index (χ0v) is 20.7. The van der Waals surface area contributed by atoms with Crippen molar-refractivity contribution in [2.45, 2.75) is 26.3 Å². The van der Waals surface area contributed by atoms with Gasteiger partial charge in [-0.2, -0.15) is 0 Å². The number of rotatable bonds is 8. The smallest absolute Gasteiger partial charge is 0.336 e. The number of hydrogen-bond donors (Lipinski definition) is 0. The van der Waals surface area contributed by atoms with E-state index in [9.17, 15) is 9.59 Å². The Morgan fingerprint density at radius 3 is 2.63 bits per heavy atom. The van der Waals surface area contributed by atoms with Crippen molar-refractivity contribution >= 4 is 35.1 Å². The van der Waals surface area contributed by atoms with E-state index in [0.29, 0.717) is 17.0 Å². The molecule has 2 aromatic heterocycles. The second-order valence-electron chi connectivity index (χ2n) is 8.22. The van der Waals surface area contributed by atoms with Crippen LogP contribution < -0.4 is 0 Å². The largest absolute Gasteiger partial charge is 0.468 e. The molecule has 8 heteroatoms. The maximum absolute atomic E-state index is 13.1. The lowest BCUT2D eigenvalue weighted by molar-refractivity contribution is -0.143. The fourth-order valence-corrected chi connectivity index (χ4v) is 5.09. The fraction of sp³-hybridized carbons (Fsp3) is 0.259. The molecule has 7 nitrogen and oxygen atoms in total. The second-order valence-corrected chi connectivity index (χ2v) is 9.20. The van der Waals surface area contributed by atoms with E-state index < -0.39 is 23.8 Å². The number of allylic oxidation sites excluding steroid dienone is 1. The third-order valence-corrected chi connectivity index (χ3v) is 6.83. The van der Waals surface area contributed by atoms with Crippen molar-refractivity contribution < 1.29 is 19.1 Å². The highest BCUT2D eigenvalue weighted by Crippen LogP contribution is 2.41. The van der Waals surface area contributed by atoms with Gasteiger partial charge in [-0.15, -0.1) is 11.3 Å². The van der Waals surface area contributed by atoms with Gasteiger partial charge in [0.2, 0.25) is 0 Å². The first kappa shape index (κ1) is 24.3. The molecule has 0 saturated carbocycles. The molecule has 35 heavy (non-hydrogen) atoms. The Balaban J connectivity index is 1.43. The minimum Gasteiger partial charge on any atom is -0.468 e. The van der Waals surface area contributed by atoms with Gasteiger partial charge in [0.05, 0.1) is 19.0 Å². The number of methoxy groups -OCH3 is 1. The van der Waals surface area contributed by atoms with Gasteiger partial charge in [0.1, 0.15) is 12.5 Å². The summed E-state index contributed by atoms with van der Waals surface area (Å²) < 4.78 is 12.6. The number of aromatic nitrogens is 2. The summed E-state index contributed by atoms with van der Waals surface area (Å²) in [4.78, 5) is 35.2. The Hall–Kier alpha value is -3.78. The van der Waals surface area contributed by atoms with E-state index in [2.05, 4.69) is 22.1 Å². The average Bonchev–Trinajstić information content (AvgIpc) is 3.56. The van der Waals surface area contributed by atoms with Gasteiger partial charge in [-0.1, -0.05) is 36.4 Å². The molecule has 1 aromatic carbocycles. The number of ether oxygens (including phenoxy) is 2.